The molecule has 0 aliphatic heterocycles. The average Bonchev–Trinajstić information content (AvgIpc) is 2.04. The Morgan fingerprint density at radius 3 is 2.77 bits per heavy atom. The summed E-state index contributed by atoms with van der Waals surface area (Å²) in [4.78, 5) is 6.86. The second kappa shape index (κ2) is 3.30. The SMILES string of the molecule is [C-]#[N+]c1c(N)nc(Cl)c(C#N)c1C. The number of aromatic nitrogens is 1. The molecule has 0 radical (unpaired) electrons. The minimum Gasteiger partial charge on any atom is -0.392 e. The van der Waals surface area contributed by atoms with Crippen LogP contribution in [-0.4, -0.2) is 4.98 Å². The minimum absolute atomic E-state index is 0.0462. The Bertz CT molecular complexity index is 401. The van der Waals surface area contributed by atoms with Crippen LogP contribution in [-0.2, 0) is 0 Å². The second-order valence-electron chi connectivity index (χ2n) is 2.36. The van der Waals surface area contributed by atoms with Crippen LogP contribution in [0, 0.1) is 24.8 Å². The molecule has 0 aliphatic carbocycles. The molecular weight excluding hydrogens is 188 g/mol. The molecule has 0 amide bonds. The Balaban J connectivity index is 3.63. The van der Waals surface area contributed by atoms with E-state index < -0.39 is 0 Å². The maximum Gasteiger partial charge on any atom is 0.232 e. The Hall–Kier alpha value is -1.78. The van der Waals surface area contributed by atoms with Crippen molar-refractivity contribution < 1.29 is 0 Å². The average molecular weight is 193 g/mol. The lowest BCUT2D eigenvalue weighted by Gasteiger charge is -2.04. The van der Waals surface area contributed by atoms with Crippen LogP contribution in [0.25, 0.3) is 4.85 Å². The van der Waals surface area contributed by atoms with Crippen molar-refractivity contribution in [1.82, 2.24) is 4.98 Å². The summed E-state index contributed by atoms with van der Waals surface area (Å²) in [5, 5.41) is 8.74. The van der Waals surface area contributed by atoms with E-state index in [0.29, 0.717) is 5.56 Å². The van der Waals surface area contributed by atoms with Gasteiger partial charge in [-0.15, -0.1) is 0 Å². The van der Waals surface area contributed by atoms with E-state index in [1.165, 1.54) is 0 Å². The highest BCUT2D eigenvalue weighted by molar-refractivity contribution is 6.31. The molecule has 64 valence electrons. The van der Waals surface area contributed by atoms with E-state index in [4.69, 9.17) is 29.2 Å². The quantitative estimate of drug-likeness (QED) is 0.505. The van der Waals surface area contributed by atoms with Gasteiger partial charge < -0.3 is 5.73 Å². The lowest BCUT2D eigenvalue weighted by atomic mass is 10.1. The van der Waals surface area contributed by atoms with Crippen molar-refractivity contribution in [2.75, 3.05) is 5.73 Å². The first kappa shape index (κ1) is 9.31. The lowest BCUT2D eigenvalue weighted by molar-refractivity contribution is 1.27. The fourth-order valence-electron chi connectivity index (χ4n) is 0.951. The van der Waals surface area contributed by atoms with E-state index in [-0.39, 0.29) is 22.2 Å². The summed E-state index contributed by atoms with van der Waals surface area (Å²) in [5.41, 5.74) is 6.32. The maximum atomic E-state index is 8.69. The van der Waals surface area contributed by atoms with Gasteiger partial charge in [-0.25, -0.2) is 9.83 Å². The summed E-state index contributed by atoms with van der Waals surface area (Å²) in [6, 6.07) is 1.87. The molecule has 1 heterocycles. The summed E-state index contributed by atoms with van der Waals surface area (Å²) in [5.74, 6) is 0.0662. The number of nitrogens with zero attached hydrogens (tertiary/aromatic N) is 3. The zero-order valence-corrected chi connectivity index (χ0v) is 7.55. The van der Waals surface area contributed by atoms with Gasteiger partial charge in [0.2, 0.25) is 5.69 Å². The molecule has 0 aromatic carbocycles. The van der Waals surface area contributed by atoms with E-state index in [2.05, 4.69) is 9.83 Å². The van der Waals surface area contributed by atoms with Crippen LogP contribution >= 0.6 is 11.6 Å². The van der Waals surface area contributed by atoms with Crippen molar-refractivity contribution in [2.24, 2.45) is 0 Å². The topological polar surface area (TPSA) is 67.1 Å². The predicted octanol–water partition coefficient (Wildman–Crippen LogP) is 2.05. The lowest BCUT2D eigenvalue weighted by Crippen LogP contribution is -1.96. The molecule has 2 N–H and O–H groups in total. The molecule has 1 aromatic heterocycles. The number of halogens is 1. The molecule has 0 bridgehead atoms. The second-order valence-corrected chi connectivity index (χ2v) is 2.72. The van der Waals surface area contributed by atoms with Crippen LogP contribution in [0.3, 0.4) is 0 Å². The molecule has 0 atom stereocenters. The monoisotopic (exact) mass is 192 g/mol. The van der Waals surface area contributed by atoms with Crippen molar-refractivity contribution >= 4 is 23.1 Å². The zero-order valence-electron chi connectivity index (χ0n) is 6.80. The number of nitrogens with two attached hydrogens (primary N) is 1. The summed E-state index contributed by atoms with van der Waals surface area (Å²) >= 11 is 5.65. The molecule has 1 aromatic rings. The smallest absolute Gasteiger partial charge is 0.232 e. The van der Waals surface area contributed by atoms with Gasteiger partial charge >= 0.3 is 0 Å². The molecule has 0 aliphatic rings. The Kier molecular flexibility index (Phi) is 2.36. The number of rotatable bonds is 0. The largest absolute Gasteiger partial charge is 0.392 e. The molecule has 0 spiro atoms. The first-order chi connectivity index (χ1) is 6.11. The van der Waals surface area contributed by atoms with Gasteiger partial charge in [-0.05, 0) is 12.5 Å². The number of nitriles is 1. The number of pyridine rings is 1. The van der Waals surface area contributed by atoms with Crippen molar-refractivity contribution in [2.45, 2.75) is 6.92 Å². The standard InChI is InChI=1S/C8H5ClN4/c1-4-5(3-10)7(9)13-8(11)6(4)12-2/h1H3,(H2,11,13). The van der Waals surface area contributed by atoms with Crippen LogP contribution in [0.15, 0.2) is 0 Å². The highest BCUT2D eigenvalue weighted by atomic mass is 35.5. The van der Waals surface area contributed by atoms with Crippen LogP contribution in [0.2, 0.25) is 5.15 Å². The summed E-state index contributed by atoms with van der Waals surface area (Å²) in [7, 11) is 0. The molecule has 0 fully saturated rings. The number of nitrogen functional groups attached to an aromatic ring is 1. The highest BCUT2D eigenvalue weighted by Crippen LogP contribution is 2.30. The van der Waals surface area contributed by atoms with Crippen LogP contribution < -0.4 is 5.73 Å². The van der Waals surface area contributed by atoms with Gasteiger partial charge in [0.15, 0.2) is 0 Å². The Labute approximate surface area is 80.4 Å². The first-order valence-electron chi connectivity index (χ1n) is 3.35. The van der Waals surface area contributed by atoms with E-state index in [0.717, 1.165) is 0 Å². The van der Waals surface area contributed by atoms with E-state index in [1.807, 2.05) is 6.07 Å². The van der Waals surface area contributed by atoms with Crippen LogP contribution in [0.5, 0.6) is 0 Å². The van der Waals surface area contributed by atoms with Crippen LogP contribution in [0.4, 0.5) is 11.5 Å². The van der Waals surface area contributed by atoms with Gasteiger partial charge in [0.1, 0.15) is 17.0 Å². The van der Waals surface area contributed by atoms with E-state index >= 15 is 0 Å². The molecule has 4 nitrogen and oxygen atoms in total. The number of anilines is 1. The van der Waals surface area contributed by atoms with Gasteiger partial charge in [0.25, 0.3) is 0 Å². The molecule has 1 rings (SSSR count). The van der Waals surface area contributed by atoms with Crippen molar-refractivity contribution in [3.8, 4) is 6.07 Å². The van der Waals surface area contributed by atoms with E-state index in [9.17, 15) is 0 Å². The zero-order chi connectivity index (χ0) is 10.0. The van der Waals surface area contributed by atoms with Gasteiger partial charge in [0.05, 0.1) is 12.1 Å². The van der Waals surface area contributed by atoms with Gasteiger partial charge in [-0.3, -0.25) is 0 Å². The van der Waals surface area contributed by atoms with E-state index in [1.54, 1.807) is 6.92 Å². The third kappa shape index (κ3) is 1.40. The van der Waals surface area contributed by atoms with Crippen LogP contribution in [0.1, 0.15) is 11.1 Å². The third-order valence-corrected chi connectivity index (χ3v) is 1.89. The fraction of sp³-hybridized carbons (Fsp3) is 0.125. The summed E-state index contributed by atoms with van der Waals surface area (Å²) in [6.45, 7) is 8.44. The minimum atomic E-state index is 0.0462. The predicted molar refractivity (Wildman–Crippen MR) is 49.4 cm³/mol. The van der Waals surface area contributed by atoms with Crippen molar-refractivity contribution in [3.05, 3.63) is 27.7 Å². The van der Waals surface area contributed by atoms with Crippen molar-refractivity contribution in [3.63, 3.8) is 0 Å². The number of hydrogen-bond donors (Lipinski definition) is 1. The highest BCUT2D eigenvalue weighted by Gasteiger charge is 2.13. The Morgan fingerprint density at radius 1 is 1.69 bits per heavy atom. The fourth-order valence-corrected chi connectivity index (χ4v) is 1.23. The Morgan fingerprint density at radius 2 is 2.31 bits per heavy atom. The number of hydrogen-bond acceptors (Lipinski definition) is 3. The third-order valence-electron chi connectivity index (χ3n) is 1.62. The molecule has 0 unspecified atom stereocenters. The molecule has 13 heavy (non-hydrogen) atoms. The normalized spacial score (nSPS) is 8.92. The summed E-state index contributed by atoms with van der Waals surface area (Å²) in [6.07, 6.45) is 0. The maximum absolute atomic E-state index is 8.69. The summed E-state index contributed by atoms with van der Waals surface area (Å²) < 4.78 is 0. The molecule has 0 saturated carbocycles. The van der Waals surface area contributed by atoms with Gasteiger partial charge in [-0.2, -0.15) is 5.26 Å². The first-order valence-corrected chi connectivity index (χ1v) is 3.72. The molecule has 0 saturated heterocycles. The van der Waals surface area contributed by atoms with Crippen molar-refractivity contribution in [1.29, 1.82) is 5.26 Å². The molecular formula is C8H5ClN4. The molecule has 5 heteroatoms. The van der Waals surface area contributed by atoms with Gasteiger partial charge in [-0.1, -0.05) is 11.6 Å². The van der Waals surface area contributed by atoms with Gasteiger partial charge in [0, 0.05) is 0 Å².